The Morgan fingerprint density at radius 1 is 1.31 bits per heavy atom. The maximum absolute atomic E-state index is 12.9. The number of morpholine rings is 1. The first kappa shape index (κ1) is 25.2. The summed E-state index contributed by atoms with van der Waals surface area (Å²) in [5, 5.41) is 1.60. The Labute approximate surface area is 195 Å². The minimum atomic E-state index is -3.11. The molecule has 0 saturated carbocycles. The van der Waals surface area contributed by atoms with Crippen molar-refractivity contribution < 1.29 is 22.7 Å². The standard InChI is InChI=1S/C21H33ClN4O5S/c1-3-30-20-5-4-17(22)12-19(20)21(27)26(23)15-18-14-24(10-11-31-18)13-16-6-8-25(9-7-16)32(2,28)29/h4-5,12,16,18H,3,6-11,13-15,23H2,1-2H3. The number of nitrogens with zero attached hydrogens (tertiary/aromatic N) is 3. The lowest BCUT2D eigenvalue weighted by Gasteiger charge is -2.38. The zero-order valence-corrected chi connectivity index (χ0v) is 20.3. The molecular weight excluding hydrogens is 456 g/mol. The van der Waals surface area contributed by atoms with E-state index in [1.807, 2.05) is 6.92 Å². The van der Waals surface area contributed by atoms with Crippen LogP contribution in [0.3, 0.4) is 0 Å². The molecule has 2 saturated heterocycles. The van der Waals surface area contributed by atoms with Gasteiger partial charge in [0.15, 0.2) is 0 Å². The Morgan fingerprint density at radius 2 is 2.03 bits per heavy atom. The molecule has 2 aliphatic heterocycles. The highest BCUT2D eigenvalue weighted by Crippen LogP contribution is 2.25. The van der Waals surface area contributed by atoms with E-state index in [2.05, 4.69) is 4.90 Å². The van der Waals surface area contributed by atoms with E-state index in [-0.39, 0.29) is 18.6 Å². The Balaban J connectivity index is 1.53. The molecule has 1 amide bonds. The molecule has 180 valence electrons. The zero-order valence-electron chi connectivity index (χ0n) is 18.7. The van der Waals surface area contributed by atoms with Gasteiger partial charge < -0.3 is 9.47 Å². The summed E-state index contributed by atoms with van der Waals surface area (Å²) in [5.74, 6) is 6.63. The number of sulfonamides is 1. The number of carbonyl (C=O) groups is 1. The van der Waals surface area contributed by atoms with Gasteiger partial charge in [-0.1, -0.05) is 11.6 Å². The van der Waals surface area contributed by atoms with Crippen molar-refractivity contribution in [2.75, 3.05) is 58.7 Å². The molecule has 0 aliphatic carbocycles. The Morgan fingerprint density at radius 3 is 2.69 bits per heavy atom. The molecule has 1 atom stereocenters. The number of amides is 1. The molecule has 1 unspecified atom stereocenters. The molecule has 0 spiro atoms. The maximum Gasteiger partial charge on any atom is 0.271 e. The third kappa shape index (κ3) is 6.79. The molecular formula is C21H33ClN4O5S. The third-order valence-electron chi connectivity index (χ3n) is 5.91. The van der Waals surface area contributed by atoms with Crippen molar-refractivity contribution in [2.24, 2.45) is 11.8 Å². The van der Waals surface area contributed by atoms with E-state index >= 15 is 0 Å². The van der Waals surface area contributed by atoms with Crippen LogP contribution < -0.4 is 10.6 Å². The second-order valence-electron chi connectivity index (χ2n) is 8.39. The van der Waals surface area contributed by atoms with Gasteiger partial charge in [-0.2, -0.15) is 0 Å². The van der Waals surface area contributed by atoms with E-state index in [4.69, 9.17) is 26.9 Å². The molecule has 0 aromatic heterocycles. The summed E-state index contributed by atoms with van der Waals surface area (Å²) in [4.78, 5) is 15.2. The quantitative estimate of drug-likeness (QED) is 0.335. The number of benzene rings is 1. The summed E-state index contributed by atoms with van der Waals surface area (Å²) in [6, 6.07) is 4.90. The average molecular weight is 489 g/mol. The number of hydrogen-bond donors (Lipinski definition) is 1. The molecule has 32 heavy (non-hydrogen) atoms. The van der Waals surface area contributed by atoms with Crippen LogP contribution in [0.15, 0.2) is 18.2 Å². The van der Waals surface area contributed by atoms with Gasteiger partial charge in [0.1, 0.15) is 5.75 Å². The highest BCUT2D eigenvalue weighted by atomic mass is 35.5. The van der Waals surface area contributed by atoms with Crippen molar-refractivity contribution in [1.29, 1.82) is 0 Å². The lowest BCUT2D eigenvalue weighted by Crippen LogP contribution is -2.52. The Bertz CT molecular complexity index is 892. The van der Waals surface area contributed by atoms with Crippen LogP contribution in [0.4, 0.5) is 0 Å². The molecule has 9 nitrogen and oxygen atoms in total. The van der Waals surface area contributed by atoms with E-state index in [0.717, 1.165) is 30.9 Å². The van der Waals surface area contributed by atoms with Crippen molar-refractivity contribution in [3.63, 3.8) is 0 Å². The summed E-state index contributed by atoms with van der Waals surface area (Å²) in [7, 11) is -3.11. The van der Waals surface area contributed by atoms with E-state index in [9.17, 15) is 13.2 Å². The molecule has 1 aromatic carbocycles. The number of halogens is 1. The van der Waals surface area contributed by atoms with Crippen LogP contribution >= 0.6 is 11.6 Å². The summed E-state index contributed by atoms with van der Waals surface area (Å²) in [6.45, 7) is 6.60. The molecule has 2 aliphatic rings. The fourth-order valence-corrected chi connectivity index (χ4v) is 5.30. The van der Waals surface area contributed by atoms with Gasteiger partial charge in [0, 0.05) is 37.7 Å². The second kappa shape index (κ2) is 11.1. The van der Waals surface area contributed by atoms with Crippen LogP contribution in [-0.2, 0) is 14.8 Å². The molecule has 3 rings (SSSR count). The number of piperidine rings is 1. The maximum atomic E-state index is 12.9. The van der Waals surface area contributed by atoms with Gasteiger partial charge >= 0.3 is 0 Å². The van der Waals surface area contributed by atoms with Crippen molar-refractivity contribution in [2.45, 2.75) is 25.9 Å². The van der Waals surface area contributed by atoms with Crippen LogP contribution in [0, 0.1) is 5.92 Å². The molecule has 0 bridgehead atoms. The third-order valence-corrected chi connectivity index (χ3v) is 7.45. The van der Waals surface area contributed by atoms with Gasteiger partial charge in [-0.05, 0) is 43.9 Å². The SMILES string of the molecule is CCOc1ccc(Cl)cc1C(=O)N(N)CC1CN(CC2CCN(S(C)(=O)=O)CC2)CCO1. The van der Waals surface area contributed by atoms with Crippen LogP contribution in [0.25, 0.3) is 0 Å². The molecule has 2 N–H and O–H groups in total. The number of hydrogen-bond acceptors (Lipinski definition) is 7. The second-order valence-corrected chi connectivity index (χ2v) is 10.8. The molecule has 1 aromatic rings. The van der Waals surface area contributed by atoms with Crippen molar-refractivity contribution in [3.05, 3.63) is 28.8 Å². The summed E-state index contributed by atoms with van der Waals surface area (Å²) in [6.07, 6.45) is 2.76. The van der Waals surface area contributed by atoms with Gasteiger partial charge in [0.25, 0.3) is 5.91 Å². The monoisotopic (exact) mass is 488 g/mol. The number of carbonyl (C=O) groups excluding carboxylic acids is 1. The number of nitrogens with two attached hydrogens (primary N) is 1. The van der Waals surface area contributed by atoms with Crippen molar-refractivity contribution in [1.82, 2.24) is 14.2 Å². The Hall–Kier alpha value is -1.43. The summed E-state index contributed by atoms with van der Waals surface area (Å²) < 4.78 is 36.4. The van der Waals surface area contributed by atoms with Crippen LogP contribution in [0.5, 0.6) is 5.75 Å². The highest BCUT2D eigenvalue weighted by molar-refractivity contribution is 7.88. The first-order chi connectivity index (χ1) is 15.2. The smallest absolute Gasteiger partial charge is 0.271 e. The van der Waals surface area contributed by atoms with E-state index in [0.29, 0.717) is 55.1 Å². The van der Waals surface area contributed by atoms with Gasteiger partial charge in [-0.3, -0.25) is 14.7 Å². The normalized spacial score (nSPS) is 21.4. The van der Waals surface area contributed by atoms with Gasteiger partial charge in [0.2, 0.25) is 10.0 Å². The molecule has 0 radical (unpaired) electrons. The van der Waals surface area contributed by atoms with Gasteiger partial charge in [-0.25, -0.2) is 18.6 Å². The predicted octanol–water partition coefficient (Wildman–Crippen LogP) is 1.43. The minimum Gasteiger partial charge on any atom is -0.493 e. The van der Waals surface area contributed by atoms with E-state index < -0.39 is 10.0 Å². The fraction of sp³-hybridized carbons (Fsp3) is 0.667. The molecule has 2 heterocycles. The lowest BCUT2D eigenvalue weighted by atomic mass is 9.97. The van der Waals surface area contributed by atoms with Crippen molar-refractivity contribution >= 4 is 27.5 Å². The minimum absolute atomic E-state index is 0.205. The summed E-state index contributed by atoms with van der Waals surface area (Å²) in [5.41, 5.74) is 0.326. The van der Waals surface area contributed by atoms with E-state index in [1.54, 1.807) is 22.5 Å². The topological polar surface area (TPSA) is 105 Å². The van der Waals surface area contributed by atoms with Crippen LogP contribution in [0.2, 0.25) is 5.02 Å². The van der Waals surface area contributed by atoms with Crippen LogP contribution in [-0.4, -0.2) is 93.4 Å². The summed E-state index contributed by atoms with van der Waals surface area (Å²) >= 11 is 6.07. The predicted molar refractivity (Wildman–Crippen MR) is 123 cm³/mol. The number of hydrazine groups is 1. The molecule has 2 fully saturated rings. The largest absolute Gasteiger partial charge is 0.493 e. The number of ether oxygens (including phenoxy) is 2. The fourth-order valence-electron chi connectivity index (χ4n) is 4.25. The first-order valence-corrected chi connectivity index (χ1v) is 13.2. The van der Waals surface area contributed by atoms with Gasteiger partial charge in [-0.15, -0.1) is 0 Å². The lowest BCUT2D eigenvalue weighted by molar-refractivity contribution is -0.0458. The molecule has 11 heteroatoms. The van der Waals surface area contributed by atoms with Crippen LogP contribution in [0.1, 0.15) is 30.1 Å². The average Bonchev–Trinajstić information content (AvgIpc) is 2.74. The van der Waals surface area contributed by atoms with Crippen molar-refractivity contribution in [3.8, 4) is 5.75 Å². The van der Waals surface area contributed by atoms with E-state index in [1.165, 1.54) is 6.26 Å². The highest BCUT2D eigenvalue weighted by Gasteiger charge is 2.29. The number of rotatable bonds is 8. The van der Waals surface area contributed by atoms with Gasteiger partial charge in [0.05, 0.1) is 37.7 Å². The Kier molecular flexibility index (Phi) is 8.76. The first-order valence-electron chi connectivity index (χ1n) is 10.9. The zero-order chi connectivity index (χ0) is 23.3.